The molecule has 0 unspecified atom stereocenters. The second-order valence-corrected chi connectivity index (χ2v) is 4.52. The van der Waals surface area contributed by atoms with Crippen LogP contribution in [0.4, 0.5) is 5.69 Å². The Labute approximate surface area is 127 Å². The van der Waals surface area contributed by atoms with Crippen LogP contribution in [0.3, 0.4) is 0 Å². The van der Waals surface area contributed by atoms with E-state index in [1.54, 1.807) is 0 Å². The van der Waals surface area contributed by atoms with Gasteiger partial charge in [-0.15, -0.1) is 0 Å². The summed E-state index contributed by atoms with van der Waals surface area (Å²) in [6, 6.07) is 1.72. The second-order valence-electron chi connectivity index (χ2n) is 4.13. The molecule has 11 heteroatoms. The van der Waals surface area contributed by atoms with Gasteiger partial charge in [-0.3, -0.25) is 20.0 Å². The van der Waals surface area contributed by atoms with Gasteiger partial charge in [0.2, 0.25) is 4.77 Å². The molecule has 2 aromatic rings. The van der Waals surface area contributed by atoms with E-state index in [0.717, 1.165) is 23.0 Å². The third-order valence-corrected chi connectivity index (χ3v) is 2.91. The number of nitro groups is 1. The van der Waals surface area contributed by atoms with Crippen LogP contribution in [0.1, 0.15) is 11.3 Å². The van der Waals surface area contributed by atoms with Gasteiger partial charge in [-0.25, -0.2) is 0 Å². The molecule has 0 saturated heterocycles. The molecule has 0 aliphatic carbocycles. The van der Waals surface area contributed by atoms with Crippen LogP contribution in [0, 0.1) is 21.8 Å². The normalized spacial score (nSPS) is 11.0. The zero-order valence-corrected chi connectivity index (χ0v) is 11.9. The van der Waals surface area contributed by atoms with Crippen molar-refractivity contribution < 1.29 is 15.1 Å². The van der Waals surface area contributed by atoms with E-state index in [4.69, 9.17) is 12.2 Å². The highest BCUT2D eigenvalue weighted by Crippen LogP contribution is 2.31. The summed E-state index contributed by atoms with van der Waals surface area (Å²) in [6.45, 7) is 1.45. The molecule has 1 aromatic carbocycles. The first kappa shape index (κ1) is 15.3. The van der Waals surface area contributed by atoms with E-state index in [-0.39, 0.29) is 16.0 Å². The molecule has 0 aliphatic heterocycles. The van der Waals surface area contributed by atoms with E-state index in [1.807, 2.05) is 0 Å². The van der Waals surface area contributed by atoms with Crippen molar-refractivity contribution in [1.82, 2.24) is 14.9 Å². The first-order chi connectivity index (χ1) is 10.3. The number of H-pyrrole nitrogens is 1. The maximum absolute atomic E-state index is 11.8. The minimum absolute atomic E-state index is 0.0692. The predicted molar refractivity (Wildman–Crippen MR) is 77.8 cm³/mol. The molecule has 0 aliphatic rings. The Morgan fingerprint density at radius 2 is 2.14 bits per heavy atom. The van der Waals surface area contributed by atoms with Crippen molar-refractivity contribution in [3.63, 3.8) is 0 Å². The molecule has 1 aromatic heterocycles. The van der Waals surface area contributed by atoms with Crippen LogP contribution in [-0.2, 0) is 0 Å². The van der Waals surface area contributed by atoms with Crippen LogP contribution in [0.25, 0.3) is 0 Å². The molecule has 0 radical (unpaired) electrons. The summed E-state index contributed by atoms with van der Waals surface area (Å²) in [7, 11) is 0. The molecule has 1 heterocycles. The summed E-state index contributed by atoms with van der Waals surface area (Å²) >= 11 is 4.86. The number of benzene rings is 1. The van der Waals surface area contributed by atoms with Gasteiger partial charge in [0.05, 0.1) is 11.1 Å². The zero-order chi connectivity index (χ0) is 16.4. The number of aromatic amines is 1. The van der Waals surface area contributed by atoms with E-state index in [1.165, 1.54) is 6.92 Å². The smallest absolute Gasteiger partial charge is 0.311 e. The Kier molecular flexibility index (Phi) is 3.99. The number of aryl methyl sites for hydroxylation is 1. The van der Waals surface area contributed by atoms with Gasteiger partial charge >= 0.3 is 5.69 Å². The third-order valence-electron chi connectivity index (χ3n) is 2.65. The van der Waals surface area contributed by atoms with Crippen molar-refractivity contribution in [2.45, 2.75) is 6.92 Å². The molecule has 3 N–H and O–H groups in total. The van der Waals surface area contributed by atoms with Crippen LogP contribution in [0.5, 0.6) is 11.5 Å². The van der Waals surface area contributed by atoms with Gasteiger partial charge in [0.15, 0.2) is 5.75 Å². The van der Waals surface area contributed by atoms with E-state index < -0.39 is 27.7 Å². The van der Waals surface area contributed by atoms with E-state index in [2.05, 4.69) is 15.3 Å². The minimum Gasteiger partial charge on any atom is -0.507 e. The molecule has 22 heavy (non-hydrogen) atoms. The van der Waals surface area contributed by atoms with Gasteiger partial charge in [-0.05, 0) is 19.1 Å². The number of aromatic hydroxyl groups is 2. The molecule has 0 bridgehead atoms. The summed E-state index contributed by atoms with van der Waals surface area (Å²) < 4.78 is 0.732. The largest absolute Gasteiger partial charge is 0.507 e. The van der Waals surface area contributed by atoms with Gasteiger partial charge in [-0.2, -0.15) is 14.9 Å². The fourth-order valence-electron chi connectivity index (χ4n) is 1.53. The summed E-state index contributed by atoms with van der Waals surface area (Å²) in [4.78, 5) is 21.7. The van der Waals surface area contributed by atoms with E-state index >= 15 is 0 Å². The highest BCUT2D eigenvalue weighted by Gasteiger charge is 2.16. The van der Waals surface area contributed by atoms with Crippen LogP contribution in [0.15, 0.2) is 22.0 Å². The Hall–Kier alpha value is -3.08. The lowest BCUT2D eigenvalue weighted by Crippen LogP contribution is -2.22. The van der Waals surface area contributed by atoms with Crippen molar-refractivity contribution >= 4 is 24.1 Å². The number of phenolic OH excluding ortho intramolecular Hbond substituents is 2. The second kappa shape index (κ2) is 5.73. The standard InChI is InChI=1S/C11H9N5O5S/c1-5-10(19)15(11(22)14-13-5)12-4-6-2-7(16(20)21)9(18)3-8(6)17/h2-4,17-18H,1H3,(H,14,22). The van der Waals surface area contributed by atoms with Crippen molar-refractivity contribution in [2.75, 3.05) is 0 Å². The number of nitro benzene ring substituents is 1. The molecule has 10 nitrogen and oxygen atoms in total. The number of hydrogen-bond donors (Lipinski definition) is 3. The summed E-state index contributed by atoms with van der Waals surface area (Å²) in [5, 5.41) is 39.6. The SMILES string of the molecule is Cc1n[nH]c(=S)n(N=Cc2cc([N+](=O)[O-])c(O)cc2O)c1=O. The number of nitrogens with one attached hydrogen (secondary N) is 1. The van der Waals surface area contributed by atoms with Crippen LogP contribution < -0.4 is 5.56 Å². The number of phenols is 2. The van der Waals surface area contributed by atoms with Crippen molar-refractivity contribution in [3.8, 4) is 11.5 Å². The fraction of sp³-hybridized carbons (Fsp3) is 0.0909. The first-order valence-electron chi connectivity index (χ1n) is 5.74. The predicted octanol–water partition coefficient (Wildman–Crippen LogP) is 0.811. The lowest BCUT2D eigenvalue weighted by atomic mass is 10.2. The lowest BCUT2D eigenvalue weighted by molar-refractivity contribution is -0.385. The molecule has 0 fully saturated rings. The number of nitrogens with zero attached hydrogens (tertiary/aromatic N) is 4. The topological polar surface area (TPSA) is 147 Å². The minimum atomic E-state index is -0.818. The lowest BCUT2D eigenvalue weighted by Gasteiger charge is -2.02. The molecule has 0 spiro atoms. The Balaban J connectivity index is 2.54. The Morgan fingerprint density at radius 3 is 2.77 bits per heavy atom. The number of rotatable bonds is 3. The van der Waals surface area contributed by atoms with E-state index in [9.17, 15) is 25.1 Å². The third kappa shape index (κ3) is 2.83. The summed E-state index contributed by atoms with van der Waals surface area (Å²) in [6.07, 6.45) is 1.01. The average Bonchev–Trinajstić information content (AvgIpc) is 2.44. The maximum Gasteiger partial charge on any atom is 0.311 e. The summed E-state index contributed by atoms with van der Waals surface area (Å²) in [5.74, 6) is -1.13. The quantitative estimate of drug-likeness (QED) is 0.328. The molecule has 114 valence electrons. The molecule has 0 amide bonds. The molecule has 2 rings (SSSR count). The van der Waals surface area contributed by atoms with Crippen molar-refractivity contribution in [3.05, 3.63) is 48.6 Å². The summed E-state index contributed by atoms with van der Waals surface area (Å²) in [5.41, 5.74) is -1.14. The van der Waals surface area contributed by atoms with Crippen LogP contribution >= 0.6 is 12.2 Å². The highest BCUT2D eigenvalue weighted by atomic mass is 32.1. The average molecular weight is 323 g/mol. The molecule has 0 saturated carbocycles. The highest BCUT2D eigenvalue weighted by molar-refractivity contribution is 7.71. The monoisotopic (exact) mass is 323 g/mol. The van der Waals surface area contributed by atoms with Crippen LogP contribution in [0.2, 0.25) is 0 Å². The zero-order valence-electron chi connectivity index (χ0n) is 11.0. The van der Waals surface area contributed by atoms with Gasteiger partial charge in [-0.1, -0.05) is 0 Å². The van der Waals surface area contributed by atoms with Gasteiger partial charge in [0.25, 0.3) is 5.56 Å². The van der Waals surface area contributed by atoms with Crippen LogP contribution in [-0.4, -0.2) is 36.2 Å². The fourth-order valence-corrected chi connectivity index (χ4v) is 1.70. The van der Waals surface area contributed by atoms with E-state index in [0.29, 0.717) is 0 Å². The molecule has 0 atom stereocenters. The van der Waals surface area contributed by atoms with Gasteiger partial charge in [0.1, 0.15) is 11.4 Å². The molecular formula is C11H9N5O5S. The van der Waals surface area contributed by atoms with Gasteiger partial charge < -0.3 is 10.2 Å². The number of hydrogen-bond acceptors (Lipinski definition) is 8. The van der Waals surface area contributed by atoms with Gasteiger partial charge in [0, 0.05) is 17.7 Å². The maximum atomic E-state index is 11.8. The van der Waals surface area contributed by atoms with Crippen molar-refractivity contribution in [2.24, 2.45) is 5.10 Å². The Morgan fingerprint density at radius 1 is 1.45 bits per heavy atom. The Bertz CT molecular complexity index is 901. The molecular weight excluding hydrogens is 314 g/mol. The van der Waals surface area contributed by atoms with Crippen molar-refractivity contribution in [1.29, 1.82) is 0 Å². The number of aromatic nitrogens is 3. The first-order valence-corrected chi connectivity index (χ1v) is 6.15.